The third kappa shape index (κ3) is 3.70. The van der Waals surface area contributed by atoms with Gasteiger partial charge in [0.25, 0.3) is 5.69 Å². The Morgan fingerprint density at radius 3 is 2.41 bits per heavy atom. The van der Waals surface area contributed by atoms with Gasteiger partial charge in [-0.2, -0.15) is 4.31 Å². The highest BCUT2D eigenvalue weighted by Crippen LogP contribution is 2.21. The van der Waals surface area contributed by atoms with Gasteiger partial charge in [0.2, 0.25) is 10.0 Å². The van der Waals surface area contributed by atoms with Gasteiger partial charge in [0.1, 0.15) is 0 Å². The van der Waals surface area contributed by atoms with Crippen molar-refractivity contribution in [2.45, 2.75) is 11.4 Å². The molecular weight excluding hydrogens is 372 g/mol. The predicted octanol–water partition coefficient (Wildman–Crippen LogP) is 3.18. The number of sulfonamides is 1. The van der Waals surface area contributed by atoms with E-state index in [1.165, 1.54) is 25.2 Å². The number of halogens is 1. The van der Waals surface area contributed by atoms with Crippen molar-refractivity contribution in [3.63, 3.8) is 0 Å². The van der Waals surface area contributed by atoms with Gasteiger partial charge in [-0.15, -0.1) is 0 Å². The molecule has 116 valence electrons. The Hall–Kier alpha value is -1.77. The SMILES string of the molecule is CN(Cc1ccc(Br)cc1)S(=O)(=O)c1cccc([N+](=O)[O-])c1. The fourth-order valence-corrected chi connectivity index (χ4v) is 3.33. The number of benzene rings is 2. The summed E-state index contributed by atoms with van der Waals surface area (Å²) in [6.07, 6.45) is 0. The molecule has 2 aromatic carbocycles. The number of nitro groups is 1. The van der Waals surface area contributed by atoms with E-state index in [4.69, 9.17) is 0 Å². The zero-order valence-electron chi connectivity index (χ0n) is 11.6. The molecule has 0 fully saturated rings. The second-order valence-corrected chi connectivity index (χ2v) is 7.60. The summed E-state index contributed by atoms with van der Waals surface area (Å²) in [6, 6.07) is 12.3. The van der Waals surface area contributed by atoms with Crippen molar-refractivity contribution in [1.82, 2.24) is 4.31 Å². The van der Waals surface area contributed by atoms with Crippen molar-refractivity contribution in [3.05, 3.63) is 68.7 Å². The molecule has 0 aromatic heterocycles. The quantitative estimate of drug-likeness (QED) is 0.585. The van der Waals surface area contributed by atoms with Crippen molar-refractivity contribution in [2.24, 2.45) is 0 Å². The van der Waals surface area contributed by atoms with E-state index < -0.39 is 14.9 Å². The lowest BCUT2D eigenvalue weighted by atomic mass is 10.2. The molecule has 0 aliphatic heterocycles. The minimum atomic E-state index is -3.79. The summed E-state index contributed by atoms with van der Waals surface area (Å²) in [5.74, 6) is 0. The fraction of sp³-hybridized carbons (Fsp3) is 0.143. The average Bonchev–Trinajstić information content (AvgIpc) is 2.49. The largest absolute Gasteiger partial charge is 0.270 e. The Balaban J connectivity index is 2.27. The van der Waals surface area contributed by atoms with Crippen LogP contribution < -0.4 is 0 Å². The number of hydrogen-bond acceptors (Lipinski definition) is 4. The third-order valence-electron chi connectivity index (χ3n) is 3.06. The second-order valence-electron chi connectivity index (χ2n) is 4.64. The lowest BCUT2D eigenvalue weighted by Crippen LogP contribution is -2.26. The van der Waals surface area contributed by atoms with Gasteiger partial charge in [0.05, 0.1) is 9.82 Å². The second kappa shape index (κ2) is 6.55. The van der Waals surface area contributed by atoms with Crippen LogP contribution in [0.15, 0.2) is 57.9 Å². The molecule has 2 rings (SSSR count). The molecule has 0 radical (unpaired) electrons. The first-order valence-electron chi connectivity index (χ1n) is 6.26. The van der Waals surface area contributed by atoms with Gasteiger partial charge < -0.3 is 0 Å². The number of hydrogen-bond donors (Lipinski definition) is 0. The molecule has 22 heavy (non-hydrogen) atoms. The van der Waals surface area contributed by atoms with E-state index in [0.29, 0.717) is 0 Å². The lowest BCUT2D eigenvalue weighted by Gasteiger charge is -2.17. The van der Waals surface area contributed by atoms with Crippen molar-refractivity contribution in [2.75, 3.05) is 7.05 Å². The van der Waals surface area contributed by atoms with Gasteiger partial charge in [-0.1, -0.05) is 34.1 Å². The average molecular weight is 385 g/mol. The summed E-state index contributed by atoms with van der Waals surface area (Å²) >= 11 is 3.31. The van der Waals surface area contributed by atoms with Crippen LogP contribution in [0.25, 0.3) is 0 Å². The van der Waals surface area contributed by atoms with Crippen molar-refractivity contribution < 1.29 is 13.3 Å². The van der Waals surface area contributed by atoms with Gasteiger partial charge >= 0.3 is 0 Å². The fourth-order valence-electron chi connectivity index (χ4n) is 1.87. The first-order chi connectivity index (χ1) is 10.3. The zero-order chi connectivity index (χ0) is 16.3. The molecule has 0 saturated heterocycles. The molecule has 0 saturated carbocycles. The van der Waals surface area contributed by atoms with Crippen LogP contribution in [0.4, 0.5) is 5.69 Å². The summed E-state index contributed by atoms with van der Waals surface area (Å²) in [5, 5.41) is 10.8. The van der Waals surface area contributed by atoms with E-state index >= 15 is 0 Å². The molecular formula is C14H13BrN2O4S. The predicted molar refractivity (Wildman–Crippen MR) is 85.9 cm³/mol. The maximum Gasteiger partial charge on any atom is 0.270 e. The highest BCUT2D eigenvalue weighted by molar-refractivity contribution is 9.10. The zero-order valence-corrected chi connectivity index (χ0v) is 14.0. The van der Waals surface area contributed by atoms with Gasteiger partial charge in [-0.05, 0) is 23.8 Å². The van der Waals surface area contributed by atoms with Crippen LogP contribution in [0.5, 0.6) is 0 Å². The molecule has 0 amide bonds. The van der Waals surface area contributed by atoms with Crippen LogP contribution in [-0.2, 0) is 16.6 Å². The summed E-state index contributed by atoms with van der Waals surface area (Å²) in [6.45, 7) is 0.179. The van der Waals surface area contributed by atoms with Crippen LogP contribution in [-0.4, -0.2) is 24.7 Å². The topological polar surface area (TPSA) is 80.5 Å². The van der Waals surface area contributed by atoms with E-state index in [1.807, 2.05) is 24.3 Å². The Kier molecular flexibility index (Phi) is 4.94. The normalized spacial score (nSPS) is 11.6. The first kappa shape index (κ1) is 16.6. The summed E-state index contributed by atoms with van der Waals surface area (Å²) in [5.41, 5.74) is 0.567. The van der Waals surface area contributed by atoms with Crippen LogP contribution in [0.2, 0.25) is 0 Å². The van der Waals surface area contributed by atoms with Crippen molar-refractivity contribution in [3.8, 4) is 0 Å². The van der Waals surface area contributed by atoms with Crippen LogP contribution in [0, 0.1) is 10.1 Å². The summed E-state index contributed by atoms with van der Waals surface area (Å²) in [4.78, 5) is 10.1. The van der Waals surface area contributed by atoms with Gasteiger partial charge in [0.15, 0.2) is 0 Å². The Labute approximate surface area is 136 Å². The molecule has 0 N–H and O–H groups in total. The maximum atomic E-state index is 12.5. The highest BCUT2D eigenvalue weighted by Gasteiger charge is 2.23. The minimum Gasteiger partial charge on any atom is -0.258 e. The Morgan fingerprint density at radius 1 is 1.18 bits per heavy atom. The lowest BCUT2D eigenvalue weighted by molar-refractivity contribution is -0.385. The Bertz CT molecular complexity index is 791. The van der Waals surface area contributed by atoms with Gasteiger partial charge in [0, 0.05) is 30.2 Å². The molecule has 0 aliphatic carbocycles. The van der Waals surface area contributed by atoms with Crippen molar-refractivity contribution in [1.29, 1.82) is 0 Å². The van der Waals surface area contributed by atoms with Gasteiger partial charge in [-0.25, -0.2) is 8.42 Å². The van der Waals surface area contributed by atoms with Crippen LogP contribution >= 0.6 is 15.9 Å². The van der Waals surface area contributed by atoms with Crippen LogP contribution in [0.3, 0.4) is 0 Å². The summed E-state index contributed by atoms with van der Waals surface area (Å²) < 4.78 is 27.0. The molecule has 2 aromatic rings. The van der Waals surface area contributed by atoms with E-state index in [9.17, 15) is 18.5 Å². The highest BCUT2D eigenvalue weighted by atomic mass is 79.9. The number of rotatable bonds is 5. The molecule has 0 aliphatic rings. The smallest absolute Gasteiger partial charge is 0.258 e. The summed E-state index contributed by atoms with van der Waals surface area (Å²) in [7, 11) is -2.35. The van der Waals surface area contributed by atoms with Gasteiger partial charge in [-0.3, -0.25) is 10.1 Å². The van der Waals surface area contributed by atoms with Crippen LogP contribution in [0.1, 0.15) is 5.56 Å². The minimum absolute atomic E-state index is 0.0960. The molecule has 8 heteroatoms. The molecule has 0 heterocycles. The van der Waals surface area contributed by atoms with E-state index in [1.54, 1.807) is 0 Å². The molecule has 0 atom stereocenters. The maximum absolute atomic E-state index is 12.5. The van der Waals surface area contributed by atoms with E-state index in [2.05, 4.69) is 15.9 Å². The first-order valence-corrected chi connectivity index (χ1v) is 8.49. The molecule has 0 unspecified atom stereocenters. The molecule has 0 spiro atoms. The van der Waals surface area contributed by atoms with E-state index in [0.717, 1.165) is 20.4 Å². The van der Waals surface area contributed by atoms with Crippen molar-refractivity contribution >= 4 is 31.6 Å². The third-order valence-corrected chi connectivity index (χ3v) is 5.38. The molecule has 0 bridgehead atoms. The van der Waals surface area contributed by atoms with E-state index in [-0.39, 0.29) is 17.1 Å². The Morgan fingerprint density at radius 2 is 1.82 bits per heavy atom. The number of nitrogens with zero attached hydrogens (tertiary/aromatic N) is 2. The number of non-ortho nitro benzene ring substituents is 1. The standard InChI is InChI=1S/C14H13BrN2O4S/c1-16(10-11-5-7-12(15)8-6-11)22(20,21)14-4-2-3-13(9-14)17(18)19/h2-9H,10H2,1H3. The number of nitro benzene ring substituents is 1. The molecule has 6 nitrogen and oxygen atoms in total. The monoisotopic (exact) mass is 384 g/mol.